The van der Waals surface area contributed by atoms with Crippen LogP contribution in [0.1, 0.15) is 11.3 Å². The lowest BCUT2D eigenvalue weighted by Crippen LogP contribution is -2.06. The first-order valence-corrected chi connectivity index (χ1v) is 6.76. The summed E-state index contributed by atoms with van der Waals surface area (Å²) >= 11 is 1.09. The van der Waals surface area contributed by atoms with Crippen molar-refractivity contribution in [2.24, 2.45) is 0 Å². The maximum Gasteiger partial charge on any atom is 0.313 e. The Hall–Kier alpha value is -1.89. The Bertz CT molecular complexity index is 643. The van der Waals surface area contributed by atoms with Gasteiger partial charge in [-0.1, -0.05) is 17.8 Å². The van der Waals surface area contributed by atoms with Crippen LogP contribution in [-0.2, 0) is 11.3 Å². The average molecular weight is 298 g/mol. The number of benzene rings is 1. The van der Waals surface area contributed by atoms with E-state index in [2.05, 4.69) is 4.98 Å². The average Bonchev–Trinajstić information content (AvgIpc) is 2.73. The van der Waals surface area contributed by atoms with E-state index < -0.39 is 17.6 Å². The molecule has 20 heavy (non-hydrogen) atoms. The number of rotatable bonds is 5. The lowest BCUT2D eigenvalue weighted by molar-refractivity contribution is -0.133. The van der Waals surface area contributed by atoms with Crippen LogP contribution in [0.2, 0.25) is 0 Å². The van der Waals surface area contributed by atoms with Crippen LogP contribution in [0.4, 0.5) is 8.78 Å². The Morgan fingerprint density at radius 2 is 2.15 bits per heavy atom. The highest BCUT2D eigenvalue weighted by Crippen LogP contribution is 2.20. The zero-order valence-electron chi connectivity index (χ0n) is 10.6. The van der Waals surface area contributed by atoms with Gasteiger partial charge in [0.1, 0.15) is 0 Å². The summed E-state index contributed by atoms with van der Waals surface area (Å²) < 4.78 is 27.8. The van der Waals surface area contributed by atoms with Crippen molar-refractivity contribution in [2.45, 2.75) is 18.6 Å². The molecule has 0 fully saturated rings. The molecule has 0 spiro atoms. The molecule has 0 bridgehead atoms. The van der Waals surface area contributed by atoms with E-state index in [1.807, 2.05) is 6.92 Å². The maximum atomic E-state index is 13.2. The molecular weight excluding hydrogens is 286 g/mol. The van der Waals surface area contributed by atoms with Crippen LogP contribution in [-0.4, -0.2) is 26.4 Å². The molecule has 1 heterocycles. The van der Waals surface area contributed by atoms with Crippen molar-refractivity contribution in [2.75, 3.05) is 5.75 Å². The fourth-order valence-corrected chi connectivity index (χ4v) is 2.44. The van der Waals surface area contributed by atoms with Gasteiger partial charge >= 0.3 is 5.97 Å². The summed E-state index contributed by atoms with van der Waals surface area (Å²) in [6, 6.07) is 3.69. The summed E-state index contributed by atoms with van der Waals surface area (Å²) in [6.07, 6.45) is 1.62. The number of aromatic nitrogens is 2. The second-order valence-corrected chi connectivity index (χ2v) is 5.14. The molecule has 0 saturated carbocycles. The Morgan fingerprint density at radius 3 is 2.80 bits per heavy atom. The van der Waals surface area contributed by atoms with Gasteiger partial charge in [-0.2, -0.15) is 0 Å². The van der Waals surface area contributed by atoms with Crippen molar-refractivity contribution in [3.8, 4) is 0 Å². The Balaban J connectivity index is 2.21. The molecule has 1 aromatic carbocycles. The molecule has 106 valence electrons. The summed E-state index contributed by atoms with van der Waals surface area (Å²) in [7, 11) is 0. The number of hydrogen-bond acceptors (Lipinski definition) is 3. The number of imidazole rings is 1. The smallest absolute Gasteiger partial charge is 0.313 e. The molecule has 0 unspecified atom stereocenters. The fraction of sp³-hybridized carbons (Fsp3) is 0.231. The standard InChI is InChI=1S/C13H12F2N2O2S/c1-8-5-16-13(20-7-12(18)19)17(8)6-9-2-3-10(14)11(15)4-9/h2-5H,6-7H2,1H3,(H,18,19). The Kier molecular flexibility index (Phi) is 4.39. The van der Waals surface area contributed by atoms with E-state index in [0.29, 0.717) is 17.3 Å². The van der Waals surface area contributed by atoms with Crippen molar-refractivity contribution in [1.29, 1.82) is 0 Å². The maximum absolute atomic E-state index is 13.2. The van der Waals surface area contributed by atoms with Crippen LogP contribution < -0.4 is 0 Å². The van der Waals surface area contributed by atoms with Crippen LogP contribution in [0, 0.1) is 18.6 Å². The van der Waals surface area contributed by atoms with Crippen LogP contribution in [0.3, 0.4) is 0 Å². The normalized spacial score (nSPS) is 10.8. The highest BCUT2D eigenvalue weighted by molar-refractivity contribution is 7.99. The van der Waals surface area contributed by atoms with E-state index in [1.165, 1.54) is 6.07 Å². The minimum absolute atomic E-state index is 0.103. The molecule has 0 aliphatic rings. The summed E-state index contributed by atoms with van der Waals surface area (Å²) in [6.45, 7) is 2.13. The van der Waals surface area contributed by atoms with Gasteiger partial charge in [-0.05, 0) is 24.6 Å². The second kappa shape index (κ2) is 6.04. The third kappa shape index (κ3) is 3.36. The quantitative estimate of drug-likeness (QED) is 0.862. The van der Waals surface area contributed by atoms with E-state index >= 15 is 0 Å². The highest BCUT2D eigenvalue weighted by atomic mass is 32.2. The van der Waals surface area contributed by atoms with Crippen molar-refractivity contribution in [3.05, 3.63) is 47.3 Å². The van der Waals surface area contributed by atoms with Crippen LogP contribution in [0.15, 0.2) is 29.6 Å². The van der Waals surface area contributed by atoms with Gasteiger partial charge in [0, 0.05) is 18.4 Å². The number of carboxylic acids is 1. The topological polar surface area (TPSA) is 55.1 Å². The second-order valence-electron chi connectivity index (χ2n) is 4.20. The van der Waals surface area contributed by atoms with Crippen molar-refractivity contribution in [1.82, 2.24) is 9.55 Å². The summed E-state index contributed by atoms with van der Waals surface area (Å²) in [5, 5.41) is 9.22. The molecule has 2 aromatic rings. The zero-order valence-corrected chi connectivity index (χ0v) is 11.5. The van der Waals surface area contributed by atoms with Crippen LogP contribution in [0.25, 0.3) is 0 Å². The minimum Gasteiger partial charge on any atom is -0.481 e. The van der Waals surface area contributed by atoms with Crippen molar-refractivity contribution >= 4 is 17.7 Å². The number of hydrogen-bond donors (Lipinski definition) is 1. The number of aliphatic carboxylic acids is 1. The molecular formula is C13H12F2N2O2S. The number of nitrogens with zero attached hydrogens (tertiary/aromatic N) is 2. The van der Waals surface area contributed by atoms with Gasteiger partial charge in [-0.3, -0.25) is 4.79 Å². The summed E-state index contributed by atoms with van der Waals surface area (Å²) in [4.78, 5) is 14.7. The van der Waals surface area contributed by atoms with Gasteiger partial charge in [0.15, 0.2) is 16.8 Å². The zero-order chi connectivity index (χ0) is 14.7. The minimum atomic E-state index is -0.935. The molecule has 0 radical (unpaired) electrons. The number of carboxylic acid groups (broad SMARTS) is 1. The lowest BCUT2D eigenvalue weighted by atomic mass is 10.2. The van der Waals surface area contributed by atoms with E-state index in [4.69, 9.17) is 5.11 Å². The lowest BCUT2D eigenvalue weighted by Gasteiger charge is -2.09. The predicted octanol–water partition coefficient (Wildman–Crippen LogP) is 2.69. The first-order valence-electron chi connectivity index (χ1n) is 5.78. The van der Waals surface area contributed by atoms with Crippen molar-refractivity contribution < 1.29 is 18.7 Å². The largest absolute Gasteiger partial charge is 0.481 e. The van der Waals surface area contributed by atoms with E-state index in [1.54, 1.807) is 10.8 Å². The number of halogens is 2. The molecule has 7 heteroatoms. The van der Waals surface area contributed by atoms with Crippen LogP contribution >= 0.6 is 11.8 Å². The molecule has 0 atom stereocenters. The number of carbonyl (C=O) groups is 1. The first kappa shape index (κ1) is 14.5. The molecule has 1 aromatic heterocycles. The third-order valence-electron chi connectivity index (χ3n) is 2.67. The monoisotopic (exact) mass is 298 g/mol. The first-order chi connectivity index (χ1) is 9.47. The molecule has 0 amide bonds. The van der Waals surface area contributed by atoms with Gasteiger partial charge in [0.25, 0.3) is 0 Å². The molecule has 1 N–H and O–H groups in total. The van der Waals surface area contributed by atoms with Crippen molar-refractivity contribution in [3.63, 3.8) is 0 Å². The van der Waals surface area contributed by atoms with Gasteiger partial charge in [0.05, 0.1) is 5.75 Å². The molecule has 0 aliphatic carbocycles. The van der Waals surface area contributed by atoms with Gasteiger partial charge in [-0.15, -0.1) is 0 Å². The predicted molar refractivity (Wildman–Crippen MR) is 70.8 cm³/mol. The molecule has 2 rings (SSSR count). The number of aryl methyl sites for hydroxylation is 1. The third-order valence-corrected chi connectivity index (χ3v) is 3.64. The highest BCUT2D eigenvalue weighted by Gasteiger charge is 2.11. The van der Waals surface area contributed by atoms with E-state index in [0.717, 1.165) is 29.6 Å². The Morgan fingerprint density at radius 1 is 1.40 bits per heavy atom. The summed E-state index contributed by atoms with van der Waals surface area (Å²) in [5.74, 6) is -2.83. The van der Waals surface area contributed by atoms with Crippen LogP contribution in [0.5, 0.6) is 0 Å². The number of thioether (sulfide) groups is 1. The Labute approximate surface area is 118 Å². The van der Waals surface area contributed by atoms with Gasteiger partial charge < -0.3 is 9.67 Å². The summed E-state index contributed by atoms with van der Waals surface area (Å²) in [5.41, 5.74) is 1.41. The molecule has 0 aliphatic heterocycles. The molecule has 4 nitrogen and oxygen atoms in total. The van der Waals surface area contributed by atoms with E-state index in [-0.39, 0.29) is 5.75 Å². The van der Waals surface area contributed by atoms with Gasteiger partial charge in [-0.25, -0.2) is 13.8 Å². The fourth-order valence-electron chi connectivity index (χ4n) is 1.69. The SMILES string of the molecule is Cc1cnc(SCC(=O)O)n1Cc1ccc(F)c(F)c1. The van der Waals surface area contributed by atoms with E-state index in [9.17, 15) is 13.6 Å². The molecule has 0 saturated heterocycles. The van der Waals surface area contributed by atoms with Gasteiger partial charge in [0.2, 0.25) is 0 Å².